The van der Waals surface area contributed by atoms with E-state index in [4.69, 9.17) is 16.3 Å². The van der Waals surface area contributed by atoms with Crippen LogP contribution in [-0.2, 0) is 0 Å². The van der Waals surface area contributed by atoms with E-state index in [9.17, 15) is 0 Å². The second-order valence-electron chi connectivity index (χ2n) is 4.91. The third kappa shape index (κ3) is 6.18. The molecule has 0 heterocycles. The van der Waals surface area contributed by atoms with Crippen LogP contribution in [0, 0.1) is 0 Å². The van der Waals surface area contributed by atoms with Crippen molar-refractivity contribution < 1.29 is 4.74 Å². The first kappa shape index (κ1) is 16.8. The van der Waals surface area contributed by atoms with Gasteiger partial charge in [-0.2, -0.15) is 0 Å². The lowest BCUT2D eigenvalue weighted by Gasteiger charge is -2.14. The molecule has 3 heteroatoms. The van der Waals surface area contributed by atoms with E-state index in [1.807, 2.05) is 12.1 Å². The van der Waals surface area contributed by atoms with Gasteiger partial charge in [-0.3, -0.25) is 0 Å². The molecular formula is C16H24BrClO. The smallest absolute Gasteiger partial charge is 0.123 e. The summed E-state index contributed by atoms with van der Waals surface area (Å²) in [4.78, 5) is 0. The molecule has 0 amide bonds. The fourth-order valence-electron chi connectivity index (χ4n) is 2.21. The lowest BCUT2D eigenvalue weighted by atomic mass is 10.0. The molecule has 0 fully saturated rings. The Balaban J connectivity index is 2.40. The van der Waals surface area contributed by atoms with Crippen LogP contribution in [0.25, 0.3) is 0 Å². The quantitative estimate of drug-likeness (QED) is 0.366. The van der Waals surface area contributed by atoms with Crippen LogP contribution in [-0.4, -0.2) is 7.11 Å². The second-order valence-corrected chi connectivity index (χ2v) is 6.35. The highest BCUT2D eigenvalue weighted by atomic mass is 79.9. The summed E-state index contributed by atoms with van der Waals surface area (Å²) in [6.45, 7) is 2.24. The van der Waals surface area contributed by atoms with Crippen LogP contribution in [0.3, 0.4) is 0 Å². The van der Waals surface area contributed by atoms with Crippen molar-refractivity contribution in [1.82, 2.24) is 0 Å². The van der Waals surface area contributed by atoms with Gasteiger partial charge in [0.15, 0.2) is 0 Å². The summed E-state index contributed by atoms with van der Waals surface area (Å²) in [7, 11) is 1.70. The number of ether oxygens (including phenoxy) is 1. The Labute approximate surface area is 130 Å². The van der Waals surface area contributed by atoms with Crippen molar-refractivity contribution >= 4 is 27.5 Å². The third-order valence-corrected chi connectivity index (χ3v) is 4.29. The van der Waals surface area contributed by atoms with Crippen LogP contribution >= 0.6 is 27.5 Å². The zero-order valence-electron chi connectivity index (χ0n) is 11.9. The molecule has 0 radical (unpaired) electrons. The fraction of sp³-hybridized carbons (Fsp3) is 0.625. The Bertz CT molecular complexity index is 368. The number of unbranched alkanes of at least 4 members (excludes halogenated alkanes) is 5. The van der Waals surface area contributed by atoms with E-state index < -0.39 is 0 Å². The van der Waals surface area contributed by atoms with E-state index in [0.717, 1.165) is 22.2 Å². The maximum Gasteiger partial charge on any atom is 0.123 e. The van der Waals surface area contributed by atoms with E-state index in [0.29, 0.717) is 0 Å². The van der Waals surface area contributed by atoms with Crippen LogP contribution in [0.2, 0.25) is 0 Å². The summed E-state index contributed by atoms with van der Waals surface area (Å²) in [6.07, 6.45) is 8.81. The number of halogens is 2. The van der Waals surface area contributed by atoms with E-state index in [-0.39, 0.29) is 5.38 Å². The molecule has 0 spiro atoms. The van der Waals surface area contributed by atoms with E-state index in [1.165, 1.54) is 38.5 Å². The normalized spacial score (nSPS) is 12.4. The molecule has 0 aromatic heterocycles. The van der Waals surface area contributed by atoms with Crippen LogP contribution in [0.1, 0.15) is 62.8 Å². The Kier molecular flexibility index (Phi) is 8.56. The number of methoxy groups -OCH3 is 1. The van der Waals surface area contributed by atoms with Crippen molar-refractivity contribution in [3.8, 4) is 5.75 Å². The van der Waals surface area contributed by atoms with Gasteiger partial charge in [0.25, 0.3) is 0 Å². The average Bonchev–Trinajstić information content (AvgIpc) is 2.42. The molecule has 0 saturated heterocycles. The molecule has 1 rings (SSSR count). The first-order valence-electron chi connectivity index (χ1n) is 7.16. The molecule has 1 unspecified atom stereocenters. The predicted molar refractivity (Wildman–Crippen MR) is 87.3 cm³/mol. The molecule has 0 N–H and O–H groups in total. The number of benzene rings is 1. The minimum absolute atomic E-state index is 0.0404. The second kappa shape index (κ2) is 9.66. The Hall–Kier alpha value is -0.210. The van der Waals surface area contributed by atoms with Crippen LogP contribution < -0.4 is 4.74 Å². The molecule has 1 nitrogen and oxygen atoms in total. The molecule has 0 saturated carbocycles. The number of alkyl halides is 1. The van der Waals surface area contributed by atoms with Crippen molar-refractivity contribution in [3.05, 3.63) is 28.2 Å². The summed E-state index contributed by atoms with van der Waals surface area (Å²) in [5, 5.41) is 0.0404. The van der Waals surface area contributed by atoms with Gasteiger partial charge < -0.3 is 4.74 Å². The molecule has 19 heavy (non-hydrogen) atoms. The highest BCUT2D eigenvalue weighted by molar-refractivity contribution is 9.10. The van der Waals surface area contributed by atoms with Crippen molar-refractivity contribution in [2.45, 2.75) is 57.2 Å². The Morgan fingerprint density at radius 3 is 2.53 bits per heavy atom. The number of hydrogen-bond acceptors (Lipinski definition) is 1. The molecule has 0 aliphatic carbocycles. The first-order valence-corrected chi connectivity index (χ1v) is 8.39. The summed E-state index contributed by atoms with van der Waals surface area (Å²) in [5.41, 5.74) is 1.09. The first-order chi connectivity index (χ1) is 9.19. The average molecular weight is 348 g/mol. The zero-order chi connectivity index (χ0) is 14.1. The van der Waals surface area contributed by atoms with Gasteiger partial charge in [-0.15, -0.1) is 11.6 Å². The topological polar surface area (TPSA) is 9.23 Å². The molecular weight excluding hydrogens is 324 g/mol. The van der Waals surface area contributed by atoms with Crippen molar-refractivity contribution in [2.24, 2.45) is 0 Å². The number of rotatable bonds is 9. The van der Waals surface area contributed by atoms with Gasteiger partial charge in [0, 0.05) is 10.0 Å². The predicted octanol–water partition coefficient (Wildman–Crippen LogP) is 6.49. The minimum atomic E-state index is 0.0404. The van der Waals surface area contributed by atoms with Gasteiger partial charge in [0.2, 0.25) is 0 Å². The molecule has 1 aromatic rings. The SMILES string of the molecule is CCCCCCCCC(Cl)c1cc(Br)ccc1OC. The highest BCUT2D eigenvalue weighted by Crippen LogP contribution is 2.35. The van der Waals surface area contributed by atoms with Crippen molar-refractivity contribution in [1.29, 1.82) is 0 Å². The van der Waals surface area contributed by atoms with Crippen molar-refractivity contribution in [3.63, 3.8) is 0 Å². The highest BCUT2D eigenvalue weighted by Gasteiger charge is 2.13. The monoisotopic (exact) mass is 346 g/mol. The van der Waals surface area contributed by atoms with Crippen LogP contribution in [0.15, 0.2) is 22.7 Å². The van der Waals surface area contributed by atoms with Crippen molar-refractivity contribution in [2.75, 3.05) is 7.11 Å². The maximum atomic E-state index is 6.50. The number of hydrogen-bond donors (Lipinski definition) is 0. The lowest BCUT2D eigenvalue weighted by Crippen LogP contribution is -1.96. The lowest BCUT2D eigenvalue weighted by molar-refractivity contribution is 0.408. The van der Waals surface area contributed by atoms with Crippen LogP contribution in [0.4, 0.5) is 0 Å². The third-order valence-electron chi connectivity index (χ3n) is 3.34. The van der Waals surface area contributed by atoms with Crippen LogP contribution in [0.5, 0.6) is 5.75 Å². The maximum absolute atomic E-state index is 6.50. The summed E-state index contributed by atoms with van der Waals surface area (Å²) in [5.74, 6) is 0.884. The Morgan fingerprint density at radius 2 is 1.84 bits per heavy atom. The van der Waals surface area contributed by atoms with Gasteiger partial charge >= 0.3 is 0 Å². The van der Waals surface area contributed by atoms with Gasteiger partial charge in [0.1, 0.15) is 5.75 Å². The van der Waals surface area contributed by atoms with E-state index >= 15 is 0 Å². The zero-order valence-corrected chi connectivity index (χ0v) is 14.3. The van der Waals surface area contributed by atoms with E-state index in [1.54, 1.807) is 7.11 Å². The minimum Gasteiger partial charge on any atom is -0.496 e. The van der Waals surface area contributed by atoms with Gasteiger partial charge in [-0.25, -0.2) is 0 Å². The summed E-state index contributed by atoms with van der Waals surface area (Å²) < 4.78 is 6.43. The van der Waals surface area contributed by atoms with Gasteiger partial charge in [-0.1, -0.05) is 61.4 Å². The summed E-state index contributed by atoms with van der Waals surface area (Å²) in [6, 6.07) is 6.01. The van der Waals surface area contributed by atoms with Gasteiger partial charge in [-0.05, 0) is 24.6 Å². The van der Waals surface area contributed by atoms with Gasteiger partial charge in [0.05, 0.1) is 12.5 Å². The molecule has 108 valence electrons. The van der Waals surface area contributed by atoms with E-state index in [2.05, 4.69) is 28.9 Å². The molecule has 1 aromatic carbocycles. The molecule has 0 aliphatic heterocycles. The molecule has 1 atom stereocenters. The largest absolute Gasteiger partial charge is 0.496 e. The molecule has 0 bridgehead atoms. The fourth-order valence-corrected chi connectivity index (χ4v) is 2.91. The summed E-state index contributed by atoms with van der Waals surface area (Å²) >= 11 is 9.99. The Morgan fingerprint density at radius 1 is 1.16 bits per heavy atom. The standard InChI is InChI=1S/C16H24BrClO/c1-3-4-5-6-7-8-9-15(18)14-12-13(17)10-11-16(14)19-2/h10-12,15H,3-9H2,1-2H3. The molecule has 0 aliphatic rings.